The van der Waals surface area contributed by atoms with Crippen molar-refractivity contribution in [2.45, 2.75) is 66.1 Å². The molecule has 0 aromatic carbocycles. The normalized spacial score (nSPS) is 31.4. The maximum absolute atomic E-state index is 6.09. The van der Waals surface area contributed by atoms with Gasteiger partial charge in [0.1, 0.15) is 0 Å². The molecule has 0 saturated heterocycles. The maximum Gasteiger partial charge on any atom is 0.0762 e. The molecule has 0 saturated carbocycles. The van der Waals surface area contributed by atoms with Crippen molar-refractivity contribution in [3.63, 3.8) is 0 Å². The molecular weight excluding hydrogens is 172 g/mol. The van der Waals surface area contributed by atoms with E-state index < -0.39 is 0 Å². The smallest absolute Gasteiger partial charge is 0.0762 e. The third kappa shape index (κ3) is 2.20. The van der Waals surface area contributed by atoms with E-state index in [1.807, 2.05) is 0 Å². The fraction of sp³-hybridized carbons (Fsp3) is 0.846. The molecule has 0 aliphatic carbocycles. The lowest BCUT2D eigenvalue weighted by Crippen LogP contribution is -2.39. The second-order valence-corrected chi connectivity index (χ2v) is 4.93. The first kappa shape index (κ1) is 11.8. The highest BCUT2D eigenvalue weighted by molar-refractivity contribution is 5.17. The van der Waals surface area contributed by atoms with E-state index in [4.69, 9.17) is 4.74 Å². The van der Waals surface area contributed by atoms with Gasteiger partial charge >= 0.3 is 0 Å². The lowest BCUT2D eigenvalue weighted by atomic mass is 9.76. The minimum Gasteiger partial charge on any atom is -0.370 e. The minimum atomic E-state index is 0.221. The second kappa shape index (κ2) is 4.48. The minimum absolute atomic E-state index is 0.221. The lowest BCUT2D eigenvalue weighted by molar-refractivity contribution is -0.0597. The van der Waals surface area contributed by atoms with Crippen molar-refractivity contribution in [1.29, 1.82) is 0 Å². The third-order valence-corrected chi connectivity index (χ3v) is 3.54. The van der Waals surface area contributed by atoms with E-state index in [0.29, 0.717) is 12.2 Å². The van der Waals surface area contributed by atoms with Crippen LogP contribution in [0.4, 0.5) is 0 Å². The average molecular weight is 196 g/mol. The molecule has 0 fully saturated rings. The van der Waals surface area contributed by atoms with Gasteiger partial charge in [0.05, 0.1) is 12.2 Å². The Morgan fingerprint density at radius 2 is 2.00 bits per heavy atom. The molecular formula is C13H24O. The molecule has 2 unspecified atom stereocenters. The molecule has 0 amide bonds. The standard InChI is InChI=1S/C13H24O/c1-6-8-11-9-10(3)13(4,5)12(7-2)14-11/h9,11-12H,6-8H2,1-5H3. The van der Waals surface area contributed by atoms with Crippen molar-refractivity contribution in [2.75, 3.05) is 0 Å². The predicted octanol–water partition coefficient (Wildman–Crippen LogP) is 3.94. The van der Waals surface area contributed by atoms with Gasteiger partial charge in [-0.05, 0) is 19.8 Å². The van der Waals surface area contributed by atoms with Gasteiger partial charge in [-0.15, -0.1) is 0 Å². The summed E-state index contributed by atoms with van der Waals surface area (Å²) in [4.78, 5) is 0. The summed E-state index contributed by atoms with van der Waals surface area (Å²) < 4.78 is 6.09. The van der Waals surface area contributed by atoms with Gasteiger partial charge < -0.3 is 4.74 Å². The van der Waals surface area contributed by atoms with E-state index in [1.54, 1.807) is 0 Å². The van der Waals surface area contributed by atoms with Gasteiger partial charge in [-0.3, -0.25) is 0 Å². The molecule has 0 spiro atoms. The number of ether oxygens (including phenoxy) is 1. The first-order valence-electron chi connectivity index (χ1n) is 5.86. The zero-order valence-corrected chi connectivity index (χ0v) is 10.3. The van der Waals surface area contributed by atoms with Crippen LogP contribution in [0.3, 0.4) is 0 Å². The van der Waals surface area contributed by atoms with Gasteiger partial charge in [0.2, 0.25) is 0 Å². The van der Waals surface area contributed by atoms with Crippen molar-refractivity contribution < 1.29 is 4.74 Å². The first-order chi connectivity index (χ1) is 6.52. The summed E-state index contributed by atoms with van der Waals surface area (Å²) in [6, 6.07) is 0. The largest absolute Gasteiger partial charge is 0.370 e. The monoisotopic (exact) mass is 196 g/mol. The summed E-state index contributed by atoms with van der Waals surface area (Å²) in [7, 11) is 0. The van der Waals surface area contributed by atoms with Crippen molar-refractivity contribution >= 4 is 0 Å². The van der Waals surface area contributed by atoms with Crippen LogP contribution in [-0.2, 0) is 4.74 Å². The van der Waals surface area contributed by atoms with Gasteiger partial charge in [0.15, 0.2) is 0 Å². The highest BCUT2D eigenvalue weighted by Crippen LogP contribution is 2.39. The number of hydrogen-bond donors (Lipinski definition) is 0. The molecule has 2 atom stereocenters. The number of rotatable bonds is 3. The van der Waals surface area contributed by atoms with Gasteiger partial charge in [0, 0.05) is 5.41 Å². The Bertz CT molecular complexity index is 215. The summed E-state index contributed by atoms with van der Waals surface area (Å²) >= 11 is 0. The van der Waals surface area contributed by atoms with Crippen LogP contribution in [0.25, 0.3) is 0 Å². The quantitative estimate of drug-likeness (QED) is 0.621. The lowest BCUT2D eigenvalue weighted by Gasteiger charge is -2.41. The summed E-state index contributed by atoms with van der Waals surface area (Å²) in [6.45, 7) is 11.2. The van der Waals surface area contributed by atoms with Crippen LogP contribution in [0.1, 0.15) is 53.9 Å². The molecule has 14 heavy (non-hydrogen) atoms. The molecule has 1 aliphatic heterocycles. The van der Waals surface area contributed by atoms with Crippen LogP contribution >= 0.6 is 0 Å². The second-order valence-electron chi connectivity index (χ2n) is 4.93. The SMILES string of the molecule is CCCC1C=C(C)C(C)(C)C(CC)O1. The highest BCUT2D eigenvalue weighted by Gasteiger charge is 2.35. The molecule has 82 valence electrons. The molecule has 1 rings (SSSR count). The molecule has 0 aromatic heterocycles. The van der Waals surface area contributed by atoms with E-state index in [9.17, 15) is 0 Å². The zero-order chi connectivity index (χ0) is 10.8. The Morgan fingerprint density at radius 1 is 1.36 bits per heavy atom. The fourth-order valence-electron chi connectivity index (χ4n) is 2.21. The summed E-state index contributed by atoms with van der Waals surface area (Å²) in [6.07, 6.45) is 6.53. The molecule has 0 radical (unpaired) electrons. The van der Waals surface area contributed by atoms with Crippen LogP contribution in [0, 0.1) is 5.41 Å². The van der Waals surface area contributed by atoms with Crippen molar-refractivity contribution in [2.24, 2.45) is 5.41 Å². The third-order valence-electron chi connectivity index (χ3n) is 3.54. The summed E-state index contributed by atoms with van der Waals surface area (Å²) in [5.74, 6) is 0. The maximum atomic E-state index is 6.09. The van der Waals surface area contributed by atoms with E-state index in [0.717, 1.165) is 12.8 Å². The van der Waals surface area contributed by atoms with Gasteiger partial charge in [-0.1, -0.05) is 45.8 Å². The molecule has 1 heteroatoms. The van der Waals surface area contributed by atoms with Crippen LogP contribution < -0.4 is 0 Å². The fourth-order valence-corrected chi connectivity index (χ4v) is 2.21. The Hall–Kier alpha value is -0.300. The van der Waals surface area contributed by atoms with E-state index >= 15 is 0 Å². The van der Waals surface area contributed by atoms with Gasteiger partial charge in [0.25, 0.3) is 0 Å². The molecule has 1 nitrogen and oxygen atoms in total. The Kier molecular flexibility index (Phi) is 3.77. The molecule has 1 heterocycles. The topological polar surface area (TPSA) is 9.23 Å². The number of hydrogen-bond acceptors (Lipinski definition) is 1. The predicted molar refractivity (Wildman–Crippen MR) is 61.4 cm³/mol. The van der Waals surface area contributed by atoms with Gasteiger partial charge in [-0.2, -0.15) is 0 Å². The Labute approximate surface area is 88.5 Å². The molecule has 0 aromatic rings. The average Bonchev–Trinajstić information content (AvgIpc) is 2.11. The Balaban J connectivity index is 2.80. The summed E-state index contributed by atoms with van der Waals surface area (Å²) in [5.41, 5.74) is 1.72. The van der Waals surface area contributed by atoms with Crippen molar-refractivity contribution in [3.8, 4) is 0 Å². The van der Waals surface area contributed by atoms with Crippen molar-refractivity contribution in [1.82, 2.24) is 0 Å². The van der Waals surface area contributed by atoms with E-state index in [2.05, 4.69) is 40.7 Å². The molecule has 1 aliphatic rings. The molecule has 0 bridgehead atoms. The molecule has 0 N–H and O–H groups in total. The van der Waals surface area contributed by atoms with Crippen LogP contribution in [0.5, 0.6) is 0 Å². The Morgan fingerprint density at radius 3 is 2.50 bits per heavy atom. The summed E-state index contributed by atoms with van der Waals surface area (Å²) in [5, 5.41) is 0. The zero-order valence-electron chi connectivity index (χ0n) is 10.3. The highest BCUT2D eigenvalue weighted by atomic mass is 16.5. The van der Waals surface area contributed by atoms with Crippen molar-refractivity contribution in [3.05, 3.63) is 11.6 Å². The van der Waals surface area contributed by atoms with E-state index in [1.165, 1.54) is 12.0 Å². The van der Waals surface area contributed by atoms with E-state index in [-0.39, 0.29) is 5.41 Å². The van der Waals surface area contributed by atoms with Crippen LogP contribution in [0.15, 0.2) is 11.6 Å². The van der Waals surface area contributed by atoms with Crippen LogP contribution in [0.2, 0.25) is 0 Å². The van der Waals surface area contributed by atoms with Crippen LogP contribution in [-0.4, -0.2) is 12.2 Å². The first-order valence-corrected chi connectivity index (χ1v) is 5.86. The van der Waals surface area contributed by atoms with Gasteiger partial charge in [-0.25, -0.2) is 0 Å².